The lowest BCUT2D eigenvalue weighted by Crippen LogP contribution is -2.38. The molecular formula is C34H42ClN3O6. The van der Waals surface area contributed by atoms with Crippen molar-refractivity contribution in [1.29, 1.82) is 0 Å². The Morgan fingerprint density at radius 1 is 1.02 bits per heavy atom. The third-order valence-electron chi connectivity index (χ3n) is 8.84. The minimum Gasteiger partial charge on any atom is -0.493 e. The zero-order chi connectivity index (χ0) is 31.4. The van der Waals surface area contributed by atoms with Crippen LogP contribution in [0, 0.1) is 19.8 Å². The zero-order valence-corrected chi connectivity index (χ0v) is 27.0. The predicted octanol–water partition coefficient (Wildman–Crippen LogP) is 6.68. The van der Waals surface area contributed by atoms with E-state index in [4.69, 9.17) is 35.5 Å². The van der Waals surface area contributed by atoms with Gasteiger partial charge >= 0.3 is 5.97 Å². The number of fused-ring (bicyclic) bond motifs is 3. The van der Waals surface area contributed by atoms with E-state index in [0.717, 1.165) is 53.3 Å². The van der Waals surface area contributed by atoms with Crippen LogP contribution < -0.4 is 9.47 Å². The highest BCUT2D eigenvalue weighted by Crippen LogP contribution is 2.47. The summed E-state index contributed by atoms with van der Waals surface area (Å²) in [5, 5.41) is 0.592. The van der Waals surface area contributed by atoms with E-state index in [1.54, 1.807) is 14.2 Å². The maximum absolute atomic E-state index is 13.5. The number of imidazole rings is 1. The van der Waals surface area contributed by atoms with Crippen LogP contribution in [0.25, 0.3) is 5.69 Å². The van der Waals surface area contributed by atoms with E-state index in [9.17, 15) is 9.59 Å². The monoisotopic (exact) mass is 623 g/mol. The molecule has 5 rings (SSSR count). The minimum absolute atomic E-state index is 0.101. The van der Waals surface area contributed by atoms with Crippen molar-refractivity contribution in [2.45, 2.75) is 71.5 Å². The van der Waals surface area contributed by atoms with Crippen LogP contribution in [0.15, 0.2) is 36.4 Å². The second-order valence-electron chi connectivity index (χ2n) is 11.5. The fourth-order valence-electron chi connectivity index (χ4n) is 6.39. The molecule has 0 saturated carbocycles. The Morgan fingerprint density at radius 3 is 2.50 bits per heavy atom. The first-order valence-electron chi connectivity index (χ1n) is 15.4. The molecule has 0 aliphatic carbocycles. The molecule has 1 aromatic heterocycles. The molecule has 2 aromatic carbocycles. The number of carbonyl (C=O) groups is 2. The van der Waals surface area contributed by atoms with Gasteiger partial charge in [0.15, 0.2) is 11.5 Å². The van der Waals surface area contributed by atoms with E-state index in [0.29, 0.717) is 61.4 Å². The van der Waals surface area contributed by atoms with Crippen LogP contribution in [0.1, 0.15) is 86.0 Å². The Bertz CT molecular complexity index is 1500. The van der Waals surface area contributed by atoms with Crippen molar-refractivity contribution in [3.63, 3.8) is 0 Å². The Morgan fingerprint density at radius 2 is 1.80 bits per heavy atom. The molecule has 3 aromatic rings. The summed E-state index contributed by atoms with van der Waals surface area (Å²) in [4.78, 5) is 32.2. The largest absolute Gasteiger partial charge is 0.493 e. The third kappa shape index (κ3) is 6.59. The lowest BCUT2D eigenvalue weighted by molar-refractivity contribution is -0.143. The van der Waals surface area contributed by atoms with Crippen molar-refractivity contribution in [2.75, 3.05) is 33.9 Å². The van der Waals surface area contributed by atoms with Gasteiger partial charge in [-0.3, -0.25) is 14.2 Å². The normalized spacial score (nSPS) is 18.3. The van der Waals surface area contributed by atoms with Crippen molar-refractivity contribution >= 4 is 23.5 Å². The fraction of sp³-hybridized carbons (Fsp3) is 0.500. The van der Waals surface area contributed by atoms with E-state index in [1.165, 1.54) is 0 Å². The van der Waals surface area contributed by atoms with Crippen molar-refractivity contribution in [2.24, 2.45) is 5.92 Å². The summed E-state index contributed by atoms with van der Waals surface area (Å²) in [5.74, 6) is 2.33. The van der Waals surface area contributed by atoms with Crippen LogP contribution in [0.4, 0.5) is 0 Å². The van der Waals surface area contributed by atoms with Crippen molar-refractivity contribution in [3.8, 4) is 17.2 Å². The van der Waals surface area contributed by atoms with Gasteiger partial charge in [-0.15, -0.1) is 0 Å². The van der Waals surface area contributed by atoms with Crippen molar-refractivity contribution < 1.29 is 28.5 Å². The number of hydrogen-bond acceptors (Lipinski definition) is 7. The highest BCUT2D eigenvalue weighted by Gasteiger charge is 2.36. The molecule has 44 heavy (non-hydrogen) atoms. The SMILES string of the molecule is CCOC(=O)CCC1CCN(C(=O)CCC2OC(c3cccc(OC)c3OC)c3cc(Cl)ccc3-n3c2nc(C)c3C)CC1. The Labute approximate surface area is 264 Å². The summed E-state index contributed by atoms with van der Waals surface area (Å²) in [7, 11) is 3.23. The summed E-state index contributed by atoms with van der Waals surface area (Å²) < 4.78 is 25.6. The summed E-state index contributed by atoms with van der Waals surface area (Å²) in [6.45, 7) is 7.65. The molecular weight excluding hydrogens is 582 g/mol. The minimum atomic E-state index is -0.551. The van der Waals surface area contributed by atoms with Gasteiger partial charge in [-0.1, -0.05) is 23.7 Å². The van der Waals surface area contributed by atoms with Crippen LogP contribution in [-0.2, 0) is 19.1 Å². The van der Waals surface area contributed by atoms with E-state index in [-0.39, 0.29) is 11.9 Å². The fourth-order valence-corrected chi connectivity index (χ4v) is 6.57. The maximum atomic E-state index is 13.5. The van der Waals surface area contributed by atoms with Crippen LogP contribution in [-0.4, -0.2) is 60.2 Å². The summed E-state index contributed by atoms with van der Waals surface area (Å²) in [6.07, 6.45) is 2.78. The summed E-state index contributed by atoms with van der Waals surface area (Å²) in [5.41, 5.74) is 4.52. The van der Waals surface area contributed by atoms with Gasteiger partial charge in [0.2, 0.25) is 5.91 Å². The molecule has 0 radical (unpaired) electrons. The molecule has 2 aliphatic heterocycles. The van der Waals surface area contributed by atoms with Gasteiger partial charge in [0.25, 0.3) is 0 Å². The molecule has 2 aliphatic rings. The molecule has 2 atom stereocenters. The average molecular weight is 624 g/mol. The molecule has 0 N–H and O–H groups in total. The van der Waals surface area contributed by atoms with Gasteiger partial charge in [0, 0.05) is 47.8 Å². The van der Waals surface area contributed by atoms with E-state index >= 15 is 0 Å². The summed E-state index contributed by atoms with van der Waals surface area (Å²) in [6, 6.07) is 11.5. The lowest BCUT2D eigenvalue weighted by atomic mass is 9.92. The highest BCUT2D eigenvalue weighted by molar-refractivity contribution is 6.30. The number of para-hydroxylation sites is 1. The second-order valence-corrected chi connectivity index (χ2v) is 11.9. The van der Waals surface area contributed by atoms with Crippen molar-refractivity contribution in [1.82, 2.24) is 14.5 Å². The first kappa shape index (κ1) is 31.9. The van der Waals surface area contributed by atoms with E-state index in [1.807, 2.05) is 62.1 Å². The zero-order valence-electron chi connectivity index (χ0n) is 26.2. The number of halogens is 1. The van der Waals surface area contributed by atoms with Crippen LogP contribution >= 0.6 is 11.6 Å². The number of rotatable bonds is 10. The van der Waals surface area contributed by atoms with Gasteiger partial charge in [-0.2, -0.15) is 0 Å². The lowest BCUT2D eigenvalue weighted by Gasteiger charge is -2.32. The quantitative estimate of drug-likeness (QED) is 0.233. The number of carbonyl (C=O) groups excluding carboxylic acids is 2. The van der Waals surface area contributed by atoms with Crippen LogP contribution in [0.3, 0.4) is 0 Å². The molecule has 0 bridgehead atoms. The van der Waals surface area contributed by atoms with E-state index < -0.39 is 12.2 Å². The number of esters is 1. The number of nitrogens with zero attached hydrogens (tertiary/aromatic N) is 3. The van der Waals surface area contributed by atoms with Gasteiger partial charge in [-0.05, 0) is 76.6 Å². The number of ether oxygens (including phenoxy) is 4. The van der Waals surface area contributed by atoms with Crippen molar-refractivity contribution in [3.05, 3.63) is 69.8 Å². The Hall–Kier alpha value is -3.56. The van der Waals surface area contributed by atoms with Gasteiger partial charge in [0.1, 0.15) is 18.0 Å². The predicted molar refractivity (Wildman–Crippen MR) is 168 cm³/mol. The number of amides is 1. The molecule has 2 unspecified atom stereocenters. The molecule has 1 amide bonds. The number of methoxy groups -OCH3 is 2. The number of hydrogen-bond donors (Lipinski definition) is 0. The highest BCUT2D eigenvalue weighted by atomic mass is 35.5. The second kappa shape index (κ2) is 14.0. The molecule has 9 nitrogen and oxygen atoms in total. The molecule has 236 valence electrons. The van der Waals surface area contributed by atoms with Gasteiger partial charge in [0.05, 0.1) is 32.2 Å². The molecule has 3 heterocycles. The number of likely N-dealkylation sites (tertiary alicyclic amines) is 1. The average Bonchev–Trinajstić information content (AvgIpc) is 3.25. The third-order valence-corrected chi connectivity index (χ3v) is 9.07. The van der Waals surface area contributed by atoms with Gasteiger partial charge < -0.3 is 23.8 Å². The smallest absolute Gasteiger partial charge is 0.305 e. The van der Waals surface area contributed by atoms with Gasteiger partial charge in [-0.25, -0.2) is 4.98 Å². The Kier molecular flexibility index (Phi) is 10.2. The van der Waals surface area contributed by atoms with E-state index in [2.05, 4.69) is 4.57 Å². The molecule has 1 fully saturated rings. The standard InChI is InChI=1S/C34H42ClN3O6/c1-6-43-31(40)15-10-23-16-18-37(19-17-23)30(39)14-13-29-34-36-21(2)22(3)38(34)27-12-11-24(35)20-26(27)32(44-29)25-8-7-9-28(41-4)33(25)42-5/h7-9,11-12,20,23,29,32H,6,10,13-19H2,1-5H3. The first-order valence-corrected chi connectivity index (χ1v) is 15.8. The maximum Gasteiger partial charge on any atom is 0.305 e. The summed E-state index contributed by atoms with van der Waals surface area (Å²) >= 11 is 6.56. The number of aryl methyl sites for hydroxylation is 1. The number of aromatic nitrogens is 2. The number of benzene rings is 2. The first-order chi connectivity index (χ1) is 21.2. The van der Waals surface area contributed by atoms with Crippen LogP contribution in [0.5, 0.6) is 11.5 Å². The topological polar surface area (TPSA) is 92.1 Å². The Balaban J connectivity index is 1.39. The molecule has 0 spiro atoms. The molecule has 10 heteroatoms. The molecule has 1 saturated heterocycles. The van der Waals surface area contributed by atoms with Crippen LogP contribution in [0.2, 0.25) is 5.02 Å². The number of piperidine rings is 1.